The van der Waals surface area contributed by atoms with E-state index in [1.54, 1.807) is 0 Å². The van der Waals surface area contributed by atoms with E-state index >= 15 is 0 Å². The van der Waals surface area contributed by atoms with Gasteiger partial charge in [-0.25, -0.2) is 0 Å². The molecule has 1 aliphatic heterocycles. The summed E-state index contributed by atoms with van der Waals surface area (Å²) in [4.78, 5) is 13.7. The Labute approximate surface area is 180 Å². The maximum absolute atomic E-state index is 12.8. The Morgan fingerprint density at radius 3 is 2.13 bits per heavy atom. The molecular weight excluding hydrogens is 405 g/mol. The molecule has 0 unspecified atom stereocenters. The third-order valence-corrected chi connectivity index (χ3v) is 5.53. The van der Waals surface area contributed by atoms with Gasteiger partial charge < -0.3 is 21.3 Å². The lowest BCUT2D eigenvalue weighted by molar-refractivity contribution is -0.179. The van der Waals surface area contributed by atoms with Gasteiger partial charge in [0.1, 0.15) is 0 Å². The van der Waals surface area contributed by atoms with Crippen LogP contribution >= 0.6 is 0 Å². The van der Waals surface area contributed by atoms with Gasteiger partial charge in [0.15, 0.2) is 0 Å². The summed E-state index contributed by atoms with van der Waals surface area (Å²) in [6.45, 7) is 1.82. The number of hydrogen-bond acceptors (Lipinski definition) is 4. The summed E-state index contributed by atoms with van der Waals surface area (Å²) in [5, 5.41) is 6.18. The molecule has 0 bridgehead atoms. The minimum Gasteiger partial charge on any atom is -0.372 e. The molecule has 5 nitrogen and oxygen atoms in total. The number of carbonyl (C=O) groups is 1. The fraction of sp³-hybridized carbons (Fsp3) is 0.435. The summed E-state index contributed by atoms with van der Waals surface area (Å²) >= 11 is 0. The summed E-state index contributed by atoms with van der Waals surface area (Å²) in [7, 11) is 0. The molecule has 2 aromatic rings. The van der Waals surface area contributed by atoms with Crippen molar-refractivity contribution in [3.05, 3.63) is 54.1 Å². The molecule has 31 heavy (non-hydrogen) atoms. The van der Waals surface area contributed by atoms with Gasteiger partial charge in [-0.3, -0.25) is 4.79 Å². The second kappa shape index (κ2) is 10.5. The average molecular weight is 435 g/mol. The largest absolute Gasteiger partial charge is 0.391 e. The molecule has 1 heterocycles. The van der Waals surface area contributed by atoms with Crippen LogP contribution in [0.1, 0.15) is 31.2 Å². The second-order valence-corrected chi connectivity index (χ2v) is 7.84. The van der Waals surface area contributed by atoms with Gasteiger partial charge in [-0.05, 0) is 67.8 Å². The van der Waals surface area contributed by atoms with Crippen molar-refractivity contribution in [2.24, 2.45) is 11.7 Å². The minimum absolute atomic E-state index is 0.00428. The normalized spacial score (nSPS) is 15.0. The van der Waals surface area contributed by atoms with E-state index in [1.807, 2.05) is 53.4 Å². The third-order valence-electron chi connectivity index (χ3n) is 5.53. The van der Waals surface area contributed by atoms with Gasteiger partial charge in [-0.1, -0.05) is 12.1 Å². The Balaban J connectivity index is 1.48. The Kier molecular flexibility index (Phi) is 7.79. The van der Waals surface area contributed by atoms with E-state index < -0.39 is 12.1 Å². The lowest BCUT2D eigenvalue weighted by Crippen LogP contribution is -2.38. The van der Waals surface area contributed by atoms with Crippen LogP contribution in [0.3, 0.4) is 0 Å². The summed E-state index contributed by atoms with van der Waals surface area (Å²) in [5.74, 6) is -1.19. The van der Waals surface area contributed by atoms with Gasteiger partial charge in [-0.15, -0.1) is 0 Å². The van der Waals surface area contributed by atoms with Crippen LogP contribution in [0.4, 0.5) is 30.2 Å². The summed E-state index contributed by atoms with van der Waals surface area (Å²) < 4.78 is 38.5. The minimum atomic E-state index is -4.09. The predicted molar refractivity (Wildman–Crippen MR) is 117 cm³/mol. The van der Waals surface area contributed by atoms with Crippen molar-refractivity contribution >= 4 is 23.0 Å². The number of nitrogens with two attached hydrogens (primary N) is 1. The van der Waals surface area contributed by atoms with Crippen LogP contribution in [-0.2, 0) is 11.3 Å². The Morgan fingerprint density at radius 1 is 1.00 bits per heavy atom. The van der Waals surface area contributed by atoms with Crippen molar-refractivity contribution in [1.29, 1.82) is 0 Å². The highest BCUT2D eigenvalue weighted by Crippen LogP contribution is 2.35. The van der Waals surface area contributed by atoms with Crippen molar-refractivity contribution in [2.75, 3.05) is 29.9 Å². The molecule has 168 valence electrons. The quantitative estimate of drug-likeness (QED) is 0.570. The van der Waals surface area contributed by atoms with Crippen molar-refractivity contribution in [3.63, 3.8) is 0 Å². The van der Waals surface area contributed by atoms with E-state index in [0.29, 0.717) is 39.0 Å². The molecule has 0 saturated carbocycles. The zero-order valence-electron chi connectivity index (χ0n) is 17.4. The van der Waals surface area contributed by atoms with Gasteiger partial charge in [0.2, 0.25) is 5.91 Å². The first kappa shape index (κ1) is 22.9. The van der Waals surface area contributed by atoms with E-state index in [-0.39, 0.29) is 18.7 Å². The van der Waals surface area contributed by atoms with Gasteiger partial charge in [-0.2, -0.15) is 13.2 Å². The predicted octanol–water partition coefficient (Wildman–Crippen LogP) is 4.56. The van der Waals surface area contributed by atoms with Crippen LogP contribution in [0.2, 0.25) is 0 Å². The number of carbonyl (C=O) groups excluding carboxylic acids is 1. The topological polar surface area (TPSA) is 70.4 Å². The number of hydrogen-bond donors (Lipinski definition) is 3. The number of anilines is 3. The maximum atomic E-state index is 12.8. The van der Waals surface area contributed by atoms with Gasteiger partial charge in [0.25, 0.3) is 0 Å². The fourth-order valence-electron chi connectivity index (χ4n) is 3.64. The molecule has 3 rings (SSSR count). The van der Waals surface area contributed by atoms with Gasteiger partial charge in [0, 0.05) is 43.1 Å². The number of nitrogens with one attached hydrogen (secondary N) is 2. The van der Waals surface area contributed by atoms with Crippen molar-refractivity contribution in [2.45, 2.75) is 38.4 Å². The average Bonchev–Trinajstić information content (AvgIpc) is 2.77. The second-order valence-electron chi connectivity index (χ2n) is 7.84. The molecule has 0 aromatic heterocycles. The number of halogens is 3. The fourth-order valence-corrected chi connectivity index (χ4v) is 3.64. The number of nitrogens with zero attached hydrogens (tertiary/aromatic N) is 1. The van der Waals surface area contributed by atoms with Crippen LogP contribution in [0.25, 0.3) is 0 Å². The van der Waals surface area contributed by atoms with Crippen LogP contribution in [-0.4, -0.2) is 31.7 Å². The van der Waals surface area contributed by atoms with E-state index in [4.69, 9.17) is 5.73 Å². The monoisotopic (exact) mass is 434 g/mol. The highest BCUT2D eigenvalue weighted by Gasteiger charge is 2.41. The van der Waals surface area contributed by atoms with E-state index in [2.05, 4.69) is 10.6 Å². The Morgan fingerprint density at radius 2 is 1.58 bits per heavy atom. The first-order chi connectivity index (χ1) is 14.8. The third kappa shape index (κ3) is 6.89. The summed E-state index contributed by atoms with van der Waals surface area (Å²) in [6, 6.07) is 15.5. The number of piperidine rings is 1. The molecule has 2 aromatic carbocycles. The lowest BCUT2D eigenvalue weighted by Gasteiger charge is -2.34. The van der Waals surface area contributed by atoms with Crippen LogP contribution in [0.5, 0.6) is 0 Å². The first-order valence-corrected chi connectivity index (χ1v) is 10.6. The molecule has 1 amide bonds. The number of rotatable bonds is 8. The van der Waals surface area contributed by atoms with Gasteiger partial charge >= 0.3 is 6.18 Å². The van der Waals surface area contributed by atoms with Crippen LogP contribution in [0, 0.1) is 5.92 Å². The first-order valence-electron chi connectivity index (χ1n) is 10.6. The van der Waals surface area contributed by atoms with E-state index in [0.717, 1.165) is 22.6 Å². The summed E-state index contributed by atoms with van der Waals surface area (Å²) in [6.07, 6.45) is -2.69. The molecule has 1 fully saturated rings. The molecule has 8 heteroatoms. The maximum Gasteiger partial charge on any atom is 0.391 e. The van der Waals surface area contributed by atoms with Gasteiger partial charge in [0.05, 0.1) is 5.92 Å². The molecule has 0 spiro atoms. The molecule has 0 radical (unpaired) electrons. The molecule has 1 aliphatic rings. The van der Waals surface area contributed by atoms with E-state index in [1.165, 1.54) is 0 Å². The molecule has 4 N–H and O–H groups in total. The Bertz CT molecular complexity index is 829. The number of benzene rings is 2. The van der Waals surface area contributed by atoms with Crippen LogP contribution in [0.15, 0.2) is 48.5 Å². The van der Waals surface area contributed by atoms with Crippen molar-refractivity contribution < 1.29 is 18.0 Å². The summed E-state index contributed by atoms with van der Waals surface area (Å²) in [5.41, 5.74) is 9.16. The van der Waals surface area contributed by atoms with Crippen molar-refractivity contribution in [3.8, 4) is 0 Å². The molecule has 1 saturated heterocycles. The number of alkyl halides is 3. The zero-order chi connectivity index (χ0) is 22.3. The van der Waals surface area contributed by atoms with E-state index in [9.17, 15) is 18.0 Å². The standard InChI is InChI=1S/C23H29F3N4O/c24-23(25,26)18-11-14-30(15-12-18)21-9-7-20(8-10-21)29-19-5-3-17(4-6-19)16-28-22(31)2-1-13-27/h3-10,18,29H,1-2,11-16,27H2,(H,28,31). The smallest absolute Gasteiger partial charge is 0.372 e. The SMILES string of the molecule is NCCCC(=O)NCc1ccc(Nc2ccc(N3CCC(C(F)(F)F)CC3)cc2)cc1. The zero-order valence-corrected chi connectivity index (χ0v) is 17.4. The van der Waals surface area contributed by atoms with Crippen LogP contribution < -0.4 is 21.3 Å². The highest BCUT2D eigenvalue weighted by atomic mass is 19.4. The molecular formula is C23H29F3N4O. The molecule has 0 atom stereocenters. The van der Waals surface area contributed by atoms with Crippen molar-refractivity contribution in [1.82, 2.24) is 5.32 Å². The Hall–Kier alpha value is -2.74. The molecule has 0 aliphatic carbocycles. The highest BCUT2D eigenvalue weighted by molar-refractivity contribution is 5.75. The number of amides is 1. The lowest BCUT2D eigenvalue weighted by atomic mass is 9.96.